The van der Waals surface area contributed by atoms with Crippen molar-refractivity contribution in [1.82, 2.24) is 9.97 Å². The van der Waals surface area contributed by atoms with Gasteiger partial charge in [-0.2, -0.15) is 13.4 Å². The van der Waals surface area contributed by atoms with Crippen molar-refractivity contribution in [2.45, 2.75) is 18.8 Å². The van der Waals surface area contributed by atoms with E-state index in [9.17, 15) is 8.42 Å². The molecule has 0 spiro atoms. The van der Waals surface area contributed by atoms with Gasteiger partial charge in [-0.15, -0.1) is 0 Å². The van der Waals surface area contributed by atoms with Crippen LogP contribution in [0.3, 0.4) is 0 Å². The van der Waals surface area contributed by atoms with Crippen LogP contribution in [0.15, 0.2) is 18.3 Å². The molecule has 168 valence electrons. The number of nitrogen functional groups attached to an aromatic ring is 2. The molecule has 1 saturated carbocycles. The van der Waals surface area contributed by atoms with Crippen molar-refractivity contribution in [2.24, 2.45) is 5.92 Å². The molecule has 1 aliphatic carbocycles. The normalized spacial score (nSPS) is 15.7. The molecule has 5 N–H and O–H groups in total. The average Bonchev–Trinajstić information content (AvgIpc) is 3.53. The molecule has 1 fully saturated rings. The van der Waals surface area contributed by atoms with Gasteiger partial charge in [0.05, 0.1) is 20.5 Å². The Hall–Kier alpha value is -3.05. The number of aromatic nitrogens is 2. The van der Waals surface area contributed by atoms with Crippen molar-refractivity contribution < 1.29 is 27.2 Å². The summed E-state index contributed by atoms with van der Waals surface area (Å²) in [6.07, 6.45) is 8.76. The third kappa shape index (κ3) is 5.36. The molecule has 4 rings (SSSR count). The highest BCUT2D eigenvalue weighted by molar-refractivity contribution is 7.85. The molecule has 1 aliphatic heterocycles. The smallest absolute Gasteiger partial charge is 0.261 e. The first kappa shape index (κ1) is 22.6. The van der Waals surface area contributed by atoms with Gasteiger partial charge in [0, 0.05) is 23.2 Å². The van der Waals surface area contributed by atoms with E-state index >= 15 is 0 Å². The summed E-state index contributed by atoms with van der Waals surface area (Å²) in [5.41, 5.74) is 14.8. The van der Waals surface area contributed by atoms with Crippen LogP contribution in [0, 0.1) is 5.92 Å². The Labute approximate surface area is 181 Å². The quantitative estimate of drug-likeness (QED) is 0.576. The van der Waals surface area contributed by atoms with Crippen molar-refractivity contribution in [3.8, 4) is 17.2 Å². The number of fused-ring (bicyclic) bond motifs is 1. The van der Waals surface area contributed by atoms with E-state index in [1.165, 1.54) is 0 Å². The van der Waals surface area contributed by atoms with Crippen LogP contribution >= 0.6 is 0 Å². The lowest BCUT2D eigenvalue weighted by molar-refractivity contribution is 0.303. The Bertz CT molecular complexity index is 1090. The maximum atomic E-state index is 9.19. The lowest BCUT2D eigenvalue weighted by atomic mass is 9.84. The van der Waals surface area contributed by atoms with Crippen LogP contribution in [0.5, 0.6) is 17.2 Å². The summed E-state index contributed by atoms with van der Waals surface area (Å²) in [6, 6.07) is 2.01. The summed E-state index contributed by atoms with van der Waals surface area (Å²) in [6.45, 7) is 0.497. The number of rotatable bonds is 5. The van der Waals surface area contributed by atoms with Crippen LogP contribution in [-0.4, -0.2) is 50.0 Å². The summed E-state index contributed by atoms with van der Waals surface area (Å²) < 4.78 is 42.9. The van der Waals surface area contributed by atoms with E-state index in [1.807, 2.05) is 12.1 Å². The Morgan fingerprint density at radius 1 is 1.23 bits per heavy atom. The second-order valence-electron chi connectivity index (χ2n) is 7.27. The van der Waals surface area contributed by atoms with Crippen molar-refractivity contribution in [3.63, 3.8) is 0 Å². The SMILES string of the molecule is COc1cc([C@@H](c2cnc(N)nc2N)C2CC2)c2c(c1OC)OCC=C2.CS(=O)(=O)O. The Balaban J connectivity index is 0.000000491. The Morgan fingerprint density at radius 2 is 1.90 bits per heavy atom. The second kappa shape index (κ2) is 8.98. The molecule has 1 aromatic carbocycles. The molecular formula is C20H26N4O6S. The number of hydrogen-bond acceptors (Lipinski definition) is 9. The van der Waals surface area contributed by atoms with Gasteiger partial charge in [-0.25, -0.2) is 4.98 Å². The first-order valence-electron chi connectivity index (χ1n) is 9.52. The number of nitrogens with two attached hydrogens (primary N) is 2. The fourth-order valence-corrected chi connectivity index (χ4v) is 3.63. The predicted octanol–water partition coefficient (Wildman–Crippen LogP) is 2.11. The standard InChI is InChI=1S/C19H22N4O3.CH4O3S/c1-24-14-8-12(11-4-3-7-26-16(11)17(14)25-2)15(10-5-6-10)13-9-22-19(21)23-18(13)20;1-5(2,3)4/h3-4,8-10,15H,5-7H2,1-2H3,(H4,20,21,22,23);1H3,(H,2,3,4)/t15-;/m0./s1. The zero-order valence-electron chi connectivity index (χ0n) is 17.5. The highest BCUT2D eigenvalue weighted by Crippen LogP contribution is 2.53. The zero-order chi connectivity index (χ0) is 22.8. The van der Waals surface area contributed by atoms with Crippen LogP contribution in [0.1, 0.15) is 35.4 Å². The largest absolute Gasteiger partial charge is 0.493 e. The van der Waals surface area contributed by atoms with Gasteiger partial charge in [-0.1, -0.05) is 6.08 Å². The fraction of sp³-hybridized carbons (Fsp3) is 0.400. The highest BCUT2D eigenvalue weighted by atomic mass is 32.2. The maximum Gasteiger partial charge on any atom is 0.261 e. The predicted molar refractivity (Wildman–Crippen MR) is 117 cm³/mol. The molecule has 10 nitrogen and oxygen atoms in total. The molecule has 1 atom stereocenters. The molecule has 2 aromatic rings. The van der Waals surface area contributed by atoms with Gasteiger partial charge in [0.25, 0.3) is 10.1 Å². The van der Waals surface area contributed by atoms with Gasteiger partial charge in [0.15, 0.2) is 11.5 Å². The zero-order valence-corrected chi connectivity index (χ0v) is 18.3. The number of ether oxygens (including phenoxy) is 3. The third-order valence-electron chi connectivity index (χ3n) is 4.93. The van der Waals surface area contributed by atoms with Crippen LogP contribution in [0.2, 0.25) is 0 Å². The minimum Gasteiger partial charge on any atom is -0.493 e. The van der Waals surface area contributed by atoms with E-state index in [-0.39, 0.29) is 11.9 Å². The third-order valence-corrected chi connectivity index (χ3v) is 4.93. The molecule has 0 amide bonds. The van der Waals surface area contributed by atoms with E-state index < -0.39 is 10.1 Å². The minimum absolute atomic E-state index is 0.0514. The van der Waals surface area contributed by atoms with Crippen molar-refractivity contribution in [2.75, 3.05) is 38.5 Å². The first-order chi connectivity index (χ1) is 14.6. The average molecular weight is 451 g/mol. The molecule has 31 heavy (non-hydrogen) atoms. The molecule has 0 saturated heterocycles. The van der Waals surface area contributed by atoms with E-state index in [2.05, 4.69) is 16.0 Å². The first-order valence-corrected chi connectivity index (χ1v) is 11.4. The van der Waals surface area contributed by atoms with Crippen molar-refractivity contribution >= 4 is 28.0 Å². The van der Waals surface area contributed by atoms with Crippen molar-refractivity contribution in [3.05, 3.63) is 35.0 Å². The van der Waals surface area contributed by atoms with Gasteiger partial charge >= 0.3 is 0 Å². The maximum absolute atomic E-state index is 9.19. The van der Waals surface area contributed by atoms with Crippen molar-refractivity contribution in [1.29, 1.82) is 0 Å². The fourth-order valence-electron chi connectivity index (χ4n) is 3.63. The number of benzene rings is 1. The number of nitrogens with zero attached hydrogens (tertiary/aromatic N) is 2. The minimum atomic E-state index is -3.67. The van der Waals surface area contributed by atoms with Gasteiger partial charge < -0.3 is 25.7 Å². The molecule has 0 unspecified atom stereocenters. The van der Waals surface area contributed by atoms with Gasteiger partial charge in [-0.3, -0.25) is 4.55 Å². The van der Waals surface area contributed by atoms with E-state index in [4.69, 9.17) is 30.2 Å². The molecule has 0 bridgehead atoms. The number of hydrogen-bond donors (Lipinski definition) is 3. The molecule has 11 heteroatoms. The molecule has 1 aromatic heterocycles. The lowest BCUT2D eigenvalue weighted by Gasteiger charge is -2.26. The summed E-state index contributed by atoms with van der Waals surface area (Å²) in [5.74, 6) is 3.06. The molecular weight excluding hydrogens is 424 g/mol. The van der Waals surface area contributed by atoms with Gasteiger partial charge in [-0.05, 0) is 36.5 Å². The number of methoxy groups -OCH3 is 2. The Kier molecular flexibility index (Phi) is 6.56. The topological polar surface area (TPSA) is 160 Å². The van der Waals surface area contributed by atoms with E-state index in [0.717, 1.165) is 29.5 Å². The number of anilines is 2. The van der Waals surface area contributed by atoms with Crippen LogP contribution < -0.4 is 25.7 Å². The summed E-state index contributed by atoms with van der Waals surface area (Å²) >= 11 is 0. The molecule has 0 radical (unpaired) electrons. The van der Waals surface area contributed by atoms with Crippen LogP contribution in [-0.2, 0) is 10.1 Å². The van der Waals surface area contributed by atoms with Crippen LogP contribution in [0.4, 0.5) is 11.8 Å². The summed E-state index contributed by atoms with van der Waals surface area (Å²) in [7, 11) is -0.427. The van der Waals surface area contributed by atoms with Crippen LogP contribution in [0.25, 0.3) is 6.08 Å². The lowest BCUT2D eigenvalue weighted by Crippen LogP contribution is -2.14. The van der Waals surface area contributed by atoms with Gasteiger partial charge in [0.2, 0.25) is 11.7 Å². The monoisotopic (exact) mass is 450 g/mol. The van der Waals surface area contributed by atoms with E-state index in [0.29, 0.717) is 41.8 Å². The molecule has 2 aliphatic rings. The van der Waals surface area contributed by atoms with E-state index in [1.54, 1.807) is 20.4 Å². The summed E-state index contributed by atoms with van der Waals surface area (Å²) in [5, 5.41) is 0. The summed E-state index contributed by atoms with van der Waals surface area (Å²) in [4.78, 5) is 8.32. The second-order valence-corrected chi connectivity index (χ2v) is 8.74. The highest BCUT2D eigenvalue weighted by Gasteiger charge is 2.38. The Morgan fingerprint density at radius 3 is 2.45 bits per heavy atom. The van der Waals surface area contributed by atoms with Gasteiger partial charge in [0.1, 0.15) is 12.4 Å². The molecule has 2 heterocycles.